The Morgan fingerprint density at radius 1 is 1.04 bits per heavy atom. The lowest BCUT2D eigenvalue weighted by Crippen LogP contribution is -2.45. The van der Waals surface area contributed by atoms with E-state index >= 15 is 0 Å². The van der Waals surface area contributed by atoms with Gasteiger partial charge in [-0.3, -0.25) is 4.79 Å². The summed E-state index contributed by atoms with van der Waals surface area (Å²) in [5, 5.41) is 13.9. The first-order valence-corrected chi connectivity index (χ1v) is 7.97. The summed E-state index contributed by atoms with van der Waals surface area (Å²) in [6.07, 6.45) is 1.13. The van der Waals surface area contributed by atoms with E-state index in [1.807, 2.05) is 66.5 Å². The second-order valence-corrected chi connectivity index (χ2v) is 6.02. The fourth-order valence-electron chi connectivity index (χ4n) is 3.08. The number of rotatable bonds is 3. The van der Waals surface area contributed by atoms with Gasteiger partial charge >= 0.3 is 0 Å². The molecule has 0 aliphatic carbocycles. The molecule has 23 heavy (non-hydrogen) atoms. The van der Waals surface area contributed by atoms with Gasteiger partial charge in [-0.1, -0.05) is 30.3 Å². The molecule has 1 aliphatic heterocycles. The van der Waals surface area contributed by atoms with Crippen molar-refractivity contribution in [1.82, 2.24) is 4.90 Å². The van der Waals surface area contributed by atoms with Gasteiger partial charge in [0.25, 0.3) is 5.91 Å². The summed E-state index contributed by atoms with van der Waals surface area (Å²) in [5.74, 6) is 0.0303. The third-order valence-electron chi connectivity index (χ3n) is 4.61. The Bertz CT molecular complexity index is 660. The Morgan fingerprint density at radius 3 is 2.22 bits per heavy atom. The van der Waals surface area contributed by atoms with E-state index in [1.54, 1.807) is 0 Å². The van der Waals surface area contributed by atoms with Crippen LogP contribution in [0.15, 0.2) is 54.6 Å². The first-order valence-electron chi connectivity index (χ1n) is 7.97. The molecule has 0 atom stereocenters. The Labute approximate surface area is 136 Å². The van der Waals surface area contributed by atoms with Crippen LogP contribution in [-0.2, 0) is 5.60 Å². The number of aliphatic hydroxyl groups is 1. The monoisotopic (exact) mass is 310 g/mol. The van der Waals surface area contributed by atoms with Crippen LogP contribution in [-0.4, -0.2) is 36.1 Å². The Morgan fingerprint density at radius 2 is 1.65 bits per heavy atom. The molecule has 4 nitrogen and oxygen atoms in total. The molecule has 4 heteroatoms. The number of piperidine rings is 1. The maximum absolute atomic E-state index is 12.6. The zero-order chi connectivity index (χ0) is 16.3. The van der Waals surface area contributed by atoms with Gasteiger partial charge in [-0.15, -0.1) is 0 Å². The van der Waals surface area contributed by atoms with E-state index in [2.05, 4.69) is 5.32 Å². The van der Waals surface area contributed by atoms with Crippen molar-refractivity contribution < 1.29 is 9.90 Å². The van der Waals surface area contributed by atoms with E-state index in [0.717, 1.165) is 11.3 Å². The number of carbonyl (C=O) groups is 1. The van der Waals surface area contributed by atoms with Crippen molar-refractivity contribution in [3.8, 4) is 0 Å². The Kier molecular flexibility index (Phi) is 4.35. The first-order chi connectivity index (χ1) is 11.1. The molecule has 2 N–H and O–H groups in total. The van der Waals surface area contributed by atoms with Gasteiger partial charge in [-0.25, -0.2) is 0 Å². The van der Waals surface area contributed by atoms with Crippen LogP contribution < -0.4 is 5.32 Å². The molecule has 0 bridgehead atoms. The topological polar surface area (TPSA) is 52.6 Å². The van der Waals surface area contributed by atoms with Crippen molar-refractivity contribution in [3.05, 3.63) is 65.7 Å². The molecule has 1 aliphatic rings. The maximum atomic E-state index is 12.6. The minimum atomic E-state index is -0.825. The van der Waals surface area contributed by atoms with Crippen LogP contribution in [0.2, 0.25) is 0 Å². The van der Waals surface area contributed by atoms with Gasteiger partial charge in [-0.05, 0) is 42.7 Å². The van der Waals surface area contributed by atoms with Gasteiger partial charge in [-0.2, -0.15) is 0 Å². The Balaban J connectivity index is 1.67. The number of benzene rings is 2. The minimum Gasteiger partial charge on any atom is -0.388 e. The summed E-state index contributed by atoms with van der Waals surface area (Å²) in [6, 6.07) is 17.2. The third-order valence-corrected chi connectivity index (χ3v) is 4.61. The molecule has 120 valence electrons. The first kappa shape index (κ1) is 15.6. The predicted octanol–water partition coefficient (Wildman–Crippen LogP) is 2.85. The summed E-state index contributed by atoms with van der Waals surface area (Å²) >= 11 is 0. The van der Waals surface area contributed by atoms with E-state index in [4.69, 9.17) is 0 Å². The van der Waals surface area contributed by atoms with Crippen molar-refractivity contribution in [2.45, 2.75) is 18.4 Å². The van der Waals surface area contributed by atoms with Crippen LogP contribution >= 0.6 is 0 Å². The molecule has 0 saturated carbocycles. The molecule has 0 aromatic heterocycles. The zero-order valence-electron chi connectivity index (χ0n) is 13.3. The van der Waals surface area contributed by atoms with Crippen molar-refractivity contribution in [2.24, 2.45) is 0 Å². The van der Waals surface area contributed by atoms with Gasteiger partial charge in [0.15, 0.2) is 0 Å². The second kappa shape index (κ2) is 6.42. The summed E-state index contributed by atoms with van der Waals surface area (Å²) in [5.41, 5.74) is 1.78. The van der Waals surface area contributed by atoms with Gasteiger partial charge in [0.2, 0.25) is 0 Å². The van der Waals surface area contributed by atoms with Gasteiger partial charge in [0.05, 0.1) is 5.60 Å². The largest absolute Gasteiger partial charge is 0.388 e. The van der Waals surface area contributed by atoms with Crippen molar-refractivity contribution in [1.29, 1.82) is 0 Å². The SMILES string of the molecule is CNc1ccc(C(=O)N2CCC(O)(c3ccccc3)CC2)cc1. The van der Waals surface area contributed by atoms with Crippen molar-refractivity contribution >= 4 is 11.6 Å². The molecule has 2 aromatic rings. The third kappa shape index (κ3) is 3.22. The molecule has 0 unspecified atom stereocenters. The maximum Gasteiger partial charge on any atom is 0.253 e. The normalized spacial score (nSPS) is 16.9. The number of carbonyl (C=O) groups excluding carboxylic acids is 1. The average Bonchev–Trinajstić information content (AvgIpc) is 2.63. The summed E-state index contributed by atoms with van der Waals surface area (Å²) in [4.78, 5) is 14.4. The van der Waals surface area contributed by atoms with Crippen LogP contribution in [0.1, 0.15) is 28.8 Å². The molecule has 3 rings (SSSR count). The van der Waals surface area contributed by atoms with Crippen LogP contribution in [0, 0.1) is 0 Å². The highest BCUT2D eigenvalue weighted by Gasteiger charge is 2.35. The molecule has 0 radical (unpaired) electrons. The highest BCUT2D eigenvalue weighted by molar-refractivity contribution is 5.94. The van der Waals surface area contributed by atoms with Gasteiger partial charge in [0, 0.05) is 31.4 Å². The summed E-state index contributed by atoms with van der Waals surface area (Å²) in [6.45, 7) is 1.13. The van der Waals surface area contributed by atoms with Crippen LogP contribution in [0.4, 0.5) is 5.69 Å². The lowest BCUT2D eigenvalue weighted by molar-refractivity contribution is -0.0211. The van der Waals surface area contributed by atoms with E-state index in [9.17, 15) is 9.90 Å². The fraction of sp³-hybridized carbons (Fsp3) is 0.316. The number of hydrogen-bond acceptors (Lipinski definition) is 3. The second-order valence-electron chi connectivity index (χ2n) is 6.02. The van der Waals surface area contributed by atoms with E-state index in [1.165, 1.54) is 0 Å². The number of nitrogens with one attached hydrogen (secondary N) is 1. The zero-order valence-corrected chi connectivity index (χ0v) is 13.3. The smallest absolute Gasteiger partial charge is 0.253 e. The summed E-state index contributed by atoms with van der Waals surface area (Å²) < 4.78 is 0. The number of amides is 1. The van der Waals surface area contributed by atoms with Crippen LogP contribution in [0.5, 0.6) is 0 Å². The van der Waals surface area contributed by atoms with Crippen LogP contribution in [0.3, 0.4) is 0 Å². The van der Waals surface area contributed by atoms with Gasteiger partial charge in [0.1, 0.15) is 0 Å². The Hall–Kier alpha value is -2.33. The molecular weight excluding hydrogens is 288 g/mol. The van der Waals surface area contributed by atoms with E-state index in [-0.39, 0.29) is 5.91 Å². The van der Waals surface area contributed by atoms with E-state index < -0.39 is 5.60 Å². The molecule has 1 saturated heterocycles. The molecule has 2 aromatic carbocycles. The number of likely N-dealkylation sites (tertiary alicyclic amines) is 1. The predicted molar refractivity (Wildman–Crippen MR) is 91.5 cm³/mol. The molecular formula is C19H22N2O2. The van der Waals surface area contributed by atoms with Crippen molar-refractivity contribution in [2.75, 3.05) is 25.5 Å². The molecule has 0 spiro atoms. The van der Waals surface area contributed by atoms with Crippen molar-refractivity contribution in [3.63, 3.8) is 0 Å². The van der Waals surface area contributed by atoms with E-state index in [0.29, 0.717) is 31.5 Å². The molecule has 1 amide bonds. The fourth-order valence-corrected chi connectivity index (χ4v) is 3.08. The lowest BCUT2D eigenvalue weighted by Gasteiger charge is -2.38. The number of nitrogens with zero attached hydrogens (tertiary/aromatic N) is 1. The van der Waals surface area contributed by atoms with Gasteiger partial charge < -0.3 is 15.3 Å². The molecule has 1 heterocycles. The average molecular weight is 310 g/mol. The lowest BCUT2D eigenvalue weighted by atomic mass is 9.84. The standard InChI is InChI=1S/C19H22N2O2/c1-20-17-9-7-15(8-10-17)18(22)21-13-11-19(23,12-14-21)16-5-3-2-4-6-16/h2-10,20,23H,11-14H2,1H3. The van der Waals surface area contributed by atoms with Crippen LogP contribution in [0.25, 0.3) is 0 Å². The highest BCUT2D eigenvalue weighted by atomic mass is 16.3. The minimum absolute atomic E-state index is 0.0303. The molecule has 1 fully saturated rings. The number of anilines is 1. The number of hydrogen-bond donors (Lipinski definition) is 2. The summed E-state index contributed by atoms with van der Waals surface area (Å²) in [7, 11) is 1.85. The highest BCUT2D eigenvalue weighted by Crippen LogP contribution is 2.33. The quantitative estimate of drug-likeness (QED) is 0.916.